The Bertz CT molecular complexity index is 693. The van der Waals surface area contributed by atoms with Gasteiger partial charge in [-0.15, -0.1) is 0 Å². The van der Waals surface area contributed by atoms with Crippen molar-refractivity contribution in [2.45, 2.75) is 19.7 Å². The molecule has 0 atom stereocenters. The van der Waals surface area contributed by atoms with Gasteiger partial charge in [-0.2, -0.15) is 4.37 Å². The molecule has 0 fully saturated rings. The average molecular weight is 315 g/mol. The van der Waals surface area contributed by atoms with Crippen molar-refractivity contribution in [3.63, 3.8) is 0 Å². The summed E-state index contributed by atoms with van der Waals surface area (Å²) in [5, 5.41) is 4.09. The van der Waals surface area contributed by atoms with E-state index in [2.05, 4.69) is 43.9 Å². The van der Waals surface area contributed by atoms with Gasteiger partial charge in [-0.3, -0.25) is 0 Å². The van der Waals surface area contributed by atoms with Crippen molar-refractivity contribution in [1.29, 1.82) is 0 Å². The standard InChI is InChI=1S/C15H17N5OS/c1-21-10-14-18-15(22-19-14)17-8-12-2-4-13(5-3-12)9-20-7-6-16-11-20/h2-7,11H,8-10H2,1H3,(H,17,18,19). The first kappa shape index (κ1) is 14.7. The Morgan fingerprint density at radius 3 is 2.77 bits per heavy atom. The number of nitrogens with zero attached hydrogens (tertiary/aromatic N) is 4. The van der Waals surface area contributed by atoms with Crippen LogP contribution in [0.5, 0.6) is 0 Å². The zero-order valence-electron chi connectivity index (χ0n) is 12.3. The number of imidazole rings is 1. The zero-order chi connectivity index (χ0) is 15.2. The third-order valence-corrected chi connectivity index (χ3v) is 3.84. The third-order valence-electron chi connectivity index (χ3n) is 3.13. The average Bonchev–Trinajstić information content (AvgIpc) is 3.19. The predicted molar refractivity (Wildman–Crippen MR) is 85.7 cm³/mol. The van der Waals surface area contributed by atoms with E-state index in [4.69, 9.17) is 4.74 Å². The van der Waals surface area contributed by atoms with Gasteiger partial charge in [-0.25, -0.2) is 9.97 Å². The first-order valence-corrected chi connectivity index (χ1v) is 7.70. The molecule has 2 heterocycles. The fourth-order valence-corrected chi connectivity index (χ4v) is 2.61. The number of hydrogen-bond acceptors (Lipinski definition) is 6. The largest absolute Gasteiger partial charge is 0.377 e. The van der Waals surface area contributed by atoms with Crippen LogP contribution >= 0.6 is 11.5 Å². The molecule has 0 saturated carbocycles. The zero-order valence-corrected chi connectivity index (χ0v) is 13.1. The fourth-order valence-electron chi connectivity index (χ4n) is 2.04. The van der Waals surface area contributed by atoms with Crippen molar-refractivity contribution in [3.8, 4) is 0 Å². The number of ether oxygens (including phenoxy) is 1. The van der Waals surface area contributed by atoms with Crippen LogP contribution in [-0.2, 0) is 24.4 Å². The van der Waals surface area contributed by atoms with Crippen LogP contribution in [0.3, 0.4) is 0 Å². The number of anilines is 1. The molecular formula is C15H17N5OS. The second-order valence-corrected chi connectivity index (χ2v) is 5.61. The van der Waals surface area contributed by atoms with Crippen LogP contribution in [0.25, 0.3) is 0 Å². The van der Waals surface area contributed by atoms with Crippen LogP contribution in [0.15, 0.2) is 43.0 Å². The molecule has 3 rings (SSSR count). The van der Waals surface area contributed by atoms with Crippen LogP contribution in [0, 0.1) is 0 Å². The lowest BCUT2D eigenvalue weighted by Gasteiger charge is -2.05. The summed E-state index contributed by atoms with van der Waals surface area (Å²) in [6, 6.07) is 8.51. The number of methoxy groups -OCH3 is 1. The highest BCUT2D eigenvalue weighted by molar-refractivity contribution is 7.09. The molecule has 0 amide bonds. The summed E-state index contributed by atoms with van der Waals surface area (Å²) in [5.74, 6) is 0.714. The van der Waals surface area contributed by atoms with Crippen molar-refractivity contribution in [2.75, 3.05) is 12.4 Å². The second kappa shape index (κ2) is 7.15. The van der Waals surface area contributed by atoms with E-state index in [1.54, 1.807) is 13.3 Å². The maximum atomic E-state index is 5.01. The summed E-state index contributed by atoms with van der Waals surface area (Å²) < 4.78 is 11.3. The van der Waals surface area contributed by atoms with Crippen LogP contribution in [-0.4, -0.2) is 26.0 Å². The number of nitrogens with one attached hydrogen (secondary N) is 1. The minimum absolute atomic E-state index is 0.446. The summed E-state index contributed by atoms with van der Waals surface area (Å²) >= 11 is 1.35. The topological polar surface area (TPSA) is 64.9 Å². The molecule has 1 N–H and O–H groups in total. The minimum Gasteiger partial charge on any atom is -0.377 e. The molecule has 0 aliphatic carbocycles. The van der Waals surface area contributed by atoms with E-state index >= 15 is 0 Å². The lowest BCUT2D eigenvalue weighted by atomic mass is 10.1. The molecule has 7 heteroatoms. The van der Waals surface area contributed by atoms with E-state index < -0.39 is 0 Å². The maximum Gasteiger partial charge on any atom is 0.202 e. The molecule has 0 spiro atoms. The molecule has 6 nitrogen and oxygen atoms in total. The Labute approximate surface area is 133 Å². The molecule has 0 saturated heterocycles. The van der Waals surface area contributed by atoms with E-state index in [0.29, 0.717) is 12.4 Å². The normalized spacial score (nSPS) is 10.8. The van der Waals surface area contributed by atoms with Crippen molar-refractivity contribution >= 4 is 16.7 Å². The Hall–Kier alpha value is -2.25. The van der Waals surface area contributed by atoms with E-state index in [1.165, 1.54) is 22.7 Å². The van der Waals surface area contributed by atoms with Crippen molar-refractivity contribution in [2.24, 2.45) is 0 Å². The Morgan fingerprint density at radius 1 is 1.23 bits per heavy atom. The molecule has 0 radical (unpaired) electrons. The Morgan fingerprint density at radius 2 is 2.05 bits per heavy atom. The highest BCUT2D eigenvalue weighted by atomic mass is 32.1. The number of rotatable bonds is 7. The monoisotopic (exact) mass is 315 g/mol. The van der Waals surface area contributed by atoms with E-state index in [1.807, 2.05) is 17.1 Å². The highest BCUT2D eigenvalue weighted by Gasteiger charge is 2.03. The number of hydrogen-bond donors (Lipinski definition) is 1. The second-order valence-electron chi connectivity index (χ2n) is 4.85. The van der Waals surface area contributed by atoms with Crippen LogP contribution in [0.1, 0.15) is 17.0 Å². The summed E-state index contributed by atoms with van der Waals surface area (Å²) in [4.78, 5) is 8.39. The number of benzene rings is 1. The SMILES string of the molecule is COCc1nsc(NCc2ccc(Cn3ccnc3)cc2)n1. The van der Waals surface area contributed by atoms with E-state index in [0.717, 1.165) is 18.2 Å². The summed E-state index contributed by atoms with van der Waals surface area (Å²) in [6.07, 6.45) is 5.57. The Kier molecular flexibility index (Phi) is 4.77. The van der Waals surface area contributed by atoms with Gasteiger partial charge < -0.3 is 14.6 Å². The van der Waals surface area contributed by atoms with Crippen LogP contribution in [0.2, 0.25) is 0 Å². The first-order chi connectivity index (χ1) is 10.8. The van der Waals surface area contributed by atoms with Crippen molar-refractivity contribution in [1.82, 2.24) is 18.9 Å². The van der Waals surface area contributed by atoms with Gasteiger partial charge in [0.1, 0.15) is 6.61 Å². The van der Waals surface area contributed by atoms with Crippen molar-refractivity contribution < 1.29 is 4.74 Å². The first-order valence-electron chi connectivity index (χ1n) is 6.92. The van der Waals surface area contributed by atoms with Gasteiger partial charge in [0.05, 0.1) is 6.33 Å². The molecule has 22 heavy (non-hydrogen) atoms. The number of aromatic nitrogens is 4. The maximum absolute atomic E-state index is 5.01. The van der Waals surface area contributed by atoms with Gasteiger partial charge in [0.25, 0.3) is 0 Å². The van der Waals surface area contributed by atoms with Gasteiger partial charge in [-0.1, -0.05) is 24.3 Å². The molecule has 2 aromatic heterocycles. The van der Waals surface area contributed by atoms with Gasteiger partial charge in [-0.05, 0) is 11.1 Å². The minimum atomic E-state index is 0.446. The van der Waals surface area contributed by atoms with Gasteiger partial charge >= 0.3 is 0 Å². The lowest BCUT2D eigenvalue weighted by Crippen LogP contribution is -2.01. The third kappa shape index (κ3) is 3.90. The summed E-state index contributed by atoms with van der Waals surface area (Å²) in [6.45, 7) is 2.01. The fraction of sp³-hybridized carbons (Fsp3) is 0.267. The molecule has 0 aliphatic heterocycles. The van der Waals surface area contributed by atoms with Crippen LogP contribution < -0.4 is 5.32 Å². The molecule has 0 aliphatic rings. The molecule has 0 unspecified atom stereocenters. The van der Waals surface area contributed by atoms with E-state index in [-0.39, 0.29) is 0 Å². The van der Waals surface area contributed by atoms with Crippen LogP contribution in [0.4, 0.5) is 5.13 Å². The molecule has 1 aromatic carbocycles. The van der Waals surface area contributed by atoms with Gasteiger partial charge in [0, 0.05) is 44.1 Å². The summed E-state index contributed by atoms with van der Waals surface area (Å²) in [5.41, 5.74) is 2.46. The van der Waals surface area contributed by atoms with Crippen molar-refractivity contribution in [3.05, 3.63) is 59.9 Å². The molecule has 3 aromatic rings. The highest BCUT2D eigenvalue weighted by Crippen LogP contribution is 2.14. The Balaban J connectivity index is 1.54. The molecular weight excluding hydrogens is 298 g/mol. The molecule has 0 bridgehead atoms. The van der Waals surface area contributed by atoms with Gasteiger partial charge in [0.15, 0.2) is 5.82 Å². The quantitative estimate of drug-likeness (QED) is 0.726. The smallest absolute Gasteiger partial charge is 0.202 e. The summed E-state index contributed by atoms with van der Waals surface area (Å²) in [7, 11) is 1.64. The lowest BCUT2D eigenvalue weighted by molar-refractivity contribution is 0.179. The van der Waals surface area contributed by atoms with Gasteiger partial charge in [0.2, 0.25) is 5.13 Å². The van der Waals surface area contributed by atoms with E-state index in [9.17, 15) is 0 Å². The predicted octanol–water partition coefficient (Wildman–Crippen LogP) is 2.54. The molecule has 114 valence electrons.